The summed E-state index contributed by atoms with van der Waals surface area (Å²) in [5.41, 5.74) is 6.83. The molecule has 0 aliphatic rings. The topological polar surface area (TPSA) is 158 Å². The van der Waals surface area contributed by atoms with E-state index in [9.17, 15) is 9.18 Å². The van der Waals surface area contributed by atoms with E-state index in [-0.39, 0.29) is 23.2 Å². The summed E-state index contributed by atoms with van der Waals surface area (Å²) in [6.45, 7) is 1.07. The Labute approximate surface area is 202 Å². The first-order valence-corrected chi connectivity index (χ1v) is 10.8. The molecule has 0 saturated heterocycles. The van der Waals surface area contributed by atoms with Gasteiger partial charge in [-0.05, 0) is 29.7 Å². The van der Waals surface area contributed by atoms with Crippen molar-refractivity contribution < 1.29 is 4.39 Å². The van der Waals surface area contributed by atoms with E-state index in [1.165, 1.54) is 21.8 Å². The van der Waals surface area contributed by atoms with Gasteiger partial charge in [0.05, 0.1) is 34.9 Å². The standard InChI is InChI=1S/C21H19ClFN11O/c1-10(27-19-17(18(24)25-9-26-19)20-30-32-33(2)31-20)14-6-11-4-3-5-13(22)16(11)21(35)34(14)15-7-12(8-23)28-29-15/h3-7,9-10H,8H2,1-2H3,(H,28,29)(H3,24,25,26,27). The Morgan fingerprint density at radius 1 is 1.29 bits per heavy atom. The van der Waals surface area contributed by atoms with E-state index in [0.29, 0.717) is 32.9 Å². The molecule has 0 aliphatic heterocycles. The molecule has 1 aromatic carbocycles. The summed E-state index contributed by atoms with van der Waals surface area (Å²) in [6.07, 6.45) is 1.30. The second-order valence-corrected chi connectivity index (χ2v) is 8.16. The van der Waals surface area contributed by atoms with Gasteiger partial charge in [-0.1, -0.05) is 23.7 Å². The number of nitrogens with one attached hydrogen (secondary N) is 2. The number of nitrogens with two attached hydrogens (primary N) is 1. The number of hydrogen-bond acceptors (Lipinski definition) is 9. The first kappa shape index (κ1) is 22.4. The van der Waals surface area contributed by atoms with Gasteiger partial charge in [0.1, 0.15) is 30.2 Å². The second kappa shape index (κ2) is 8.76. The number of alkyl halides is 1. The highest BCUT2D eigenvalue weighted by Crippen LogP contribution is 2.31. The van der Waals surface area contributed by atoms with Gasteiger partial charge in [0.25, 0.3) is 5.56 Å². The fourth-order valence-electron chi connectivity index (χ4n) is 3.82. The van der Waals surface area contributed by atoms with Crippen LogP contribution in [-0.2, 0) is 13.7 Å². The predicted molar refractivity (Wildman–Crippen MR) is 128 cm³/mol. The number of benzene rings is 1. The zero-order valence-electron chi connectivity index (χ0n) is 18.6. The molecule has 0 spiro atoms. The fourth-order valence-corrected chi connectivity index (χ4v) is 4.08. The van der Waals surface area contributed by atoms with Gasteiger partial charge in [-0.15, -0.1) is 10.2 Å². The summed E-state index contributed by atoms with van der Waals surface area (Å²) in [7, 11) is 1.63. The molecule has 1 atom stereocenters. The van der Waals surface area contributed by atoms with E-state index < -0.39 is 18.3 Å². The van der Waals surface area contributed by atoms with Gasteiger partial charge in [-0.3, -0.25) is 14.5 Å². The van der Waals surface area contributed by atoms with Crippen LogP contribution in [0.15, 0.2) is 41.5 Å². The number of nitrogen functional groups attached to an aromatic ring is 1. The lowest BCUT2D eigenvalue weighted by atomic mass is 10.1. The van der Waals surface area contributed by atoms with E-state index in [1.807, 2.05) is 13.0 Å². The minimum absolute atomic E-state index is 0.158. The van der Waals surface area contributed by atoms with Crippen molar-refractivity contribution >= 4 is 34.0 Å². The normalized spacial score (nSPS) is 12.2. The highest BCUT2D eigenvalue weighted by atomic mass is 35.5. The third-order valence-corrected chi connectivity index (χ3v) is 5.74. The quantitative estimate of drug-likeness (QED) is 0.322. The highest BCUT2D eigenvalue weighted by Gasteiger charge is 2.23. The Morgan fingerprint density at radius 3 is 2.83 bits per heavy atom. The largest absolute Gasteiger partial charge is 0.383 e. The average Bonchev–Trinajstić information content (AvgIpc) is 3.48. The molecular formula is C21H19ClFN11O. The number of tetrazole rings is 1. The molecule has 0 radical (unpaired) electrons. The molecule has 0 saturated carbocycles. The molecule has 1 unspecified atom stereocenters. The Kier molecular flexibility index (Phi) is 5.61. The number of hydrogen-bond donors (Lipinski definition) is 3. The van der Waals surface area contributed by atoms with Crippen molar-refractivity contribution in [1.82, 2.24) is 44.9 Å². The van der Waals surface area contributed by atoms with Crippen molar-refractivity contribution in [3.63, 3.8) is 0 Å². The van der Waals surface area contributed by atoms with E-state index >= 15 is 0 Å². The first-order valence-electron chi connectivity index (χ1n) is 10.4. The van der Waals surface area contributed by atoms with Gasteiger partial charge in [0.15, 0.2) is 5.82 Å². The molecule has 14 heteroatoms. The number of aromatic nitrogens is 9. The number of fused-ring (bicyclic) bond motifs is 1. The minimum Gasteiger partial charge on any atom is -0.383 e. The molecule has 178 valence electrons. The SMILES string of the molecule is CC(Nc1ncnc(N)c1-c1nnn(C)n1)c1cc2cccc(Cl)c2c(=O)n1-c1cc(CF)[nH]n1. The molecule has 5 rings (SSSR count). The number of aromatic amines is 1. The Bertz CT molecular complexity index is 1610. The summed E-state index contributed by atoms with van der Waals surface area (Å²) in [5, 5.41) is 23.3. The van der Waals surface area contributed by atoms with Crippen molar-refractivity contribution in [2.75, 3.05) is 11.1 Å². The van der Waals surface area contributed by atoms with Crippen molar-refractivity contribution in [2.24, 2.45) is 7.05 Å². The average molecular weight is 496 g/mol. The third kappa shape index (κ3) is 3.95. The monoisotopic (exact) mass is 495 g/mol. The smallest absolute Gasteiger partial charge is 0.266 e. The number of pyridine rings is 1. The molecule has 0 amide bonds. The first-order chi connectivity index (χ1) is 16.9. The van der Waals surface area contributed by atoms with Crippen molar-refractivity contribution in [3.05, 3.63) is 63.4 Å². The van der Waals surface area contributed by atoms with Crippen molar-refractivity contribution in [2.45, 2.75) is 19.6 Å². The number of rotatable bonds is 6. The molecule has 4 heterocycles. The fraction of sp³-hybridized carbons (Fsp3) is 0.190. The molecule has 0 bridgehead atoms. The van der Waals surface area contributed by atoms with Crippen molar-refractivity contribution in [1.29, 1.82) is 0 Å². The predicted octanol–water partition coefficient (Wildman–Crippen LogP) is 2.57. The van der Waals surface area contributed by atoms with E-state index in [4.69, 9.17) is 17.3 Å². The van der Waals surface area contributed by atoms with Gasteiger partial charge in [0, 0.05) is 6.07 Å². The minimum atomic E-state index is -0.756. The number of anilines is 2. The molecular weight excluding hydrogens is 477 g/mol. The summed E-state index contributed by atoms with van der Waals surface area (Å²) in [5.74, 6) is 0.967. The number of nitrogens with zero attached hydrogens (tertiary/aromatic N) is 8. The van der Waals surface area contributed by atoms with Gasteiger partial charge >= 0.3 is 0 Å². The molecule has 12 nitrogen and oxygen atoms in total. The molecule has 0 aliphatic carbocycles. The van der Waals surface area contributed by atoms with Crippen LogP contribution in [-0.4, -0.2) is 44.9 Å². The second-order valence-electron chi connectivity index (χ2n) is 7.75. The Balaban J connectivity index is 1.67. The number of aryl methyl sites for hydroxylation is 1. The Hall–Kier alpha value is -4.39. The van der Waals surface area contributed by atoms with Gasteiger partial charge in [-0.2, -0.15) is 9.90 Å². The third-order valence-electron chi connectivity index (χ3n) is 5.42. The van der Waals surface area contributed by atoms with Crippen LogP contribution < -0.4 is 16.6 Å². The van der Waals surface area contributed by atoms with Crippen LogP contribution >= 0.6 is 11.6 Å². The van der Waals surface area contributed by atoms with E-state index in [1.54, 1.807) is 25.2 Å². The van der Waals surface area contributed by atoms with Crippen LogP contribution in [0.2, 0.25) is 5.02 Å². The van der Waals surface area contributed by atoms with Crippen LogP contribution in [0.4, 0.5) is 16.0 Å². The van der Waals surface area contributed by atoms with Crippen LogP contribution in [0.3, 0.4) is 0 Å². The van der Waals surface area contributed by atoms with Crippen molar-refractivity contribution in [3.8, 4) is 17.2 Å². The molecule has 4 N–H and O–H groups in total. The van der Waals surface area contributed by atoms with Gasteiger partial charge in [0.2, 0.25) is 5.82 Å². The summed E-state index contributed by atoms with van der Waals surface area (Å²) in [4.78, 5) is 23.2. The van der Waals surface area contributed by atoms with E-state index in [0.717, 1.165) is 0 Å². The molecule has 4 aromatic heterocycles. The van der Waals surface area contributed by atoms with Crippen LogP contribution in [0.5, 0.6) is 0 Å². The van der Waals surface area contributed by atoms with Gasteiger partial charge < -0.3 is 11.1 Å². The lowest BCUT2D eigenvalue weighted by molar-refractivity contribution is 0.475. The summed E-state index contributed by atoms with van der Waals surface area (Å²) < 4.78 is 14.6. The number of halogens is 2. The number of H-pyrrole nitrogens is 1. The zero-order chi connectivity index (χ0) is 24.7. The molecule has 5 aromatic rings. The lowest BCUT2D eigenvalue weighted by Gasteiger charge is -2.21. The Morgan fingerprint density at radius 2 is 2.11 bits per heavy atom. The summed E-state index contributed by atoms with van der Waals surface area (Å²) in [6, 6.07) is 7.96. The maximum atomic E-state index is 13.6. The maximum Gasteiger partial charge on any atom is 0.266 e. The van der Waals surface area contributed by atoms with Crippen LogP contribution in [0.25, 0.3) is 28.0 Å². The maximum absolute atomic E-state index is 13.6. The highest BCUT2D eigenvalue weighted by molar-refractivity contribution is 6.35. The molecule has 35 heavy (non-hydrogen) atoms. The van der Waals surface area contributed by atoms with E-state index in [2.05, 4.69) is 40.9 Å². The van der Waals surface area contributed by atoms with Crippen LogP contribution in [0.1, 0.15) is 24.4 Å². The molecule has 0 fully saturated rings. The zero-order valence-corrected chi connectivity index (χ0v) is 19.3. The summed E-state index contributed by atoms with van der Waals surface area (Å²) >= 11 is 6.35. The van der Waals surface area contributed by atoms with Crippen LogP contribution in [0, 0.1) is 0 Å². The van der Waals surface area contributed by atoms with Gasteiger partial charge in [-0.25, -0.2) is 14.4 Å². The lowest BCUT2D eigenvalue weighted by Crippen LogP contribution is -2.26.